The van der Waals surface area contributed by atoms with Crippen LogP contribution in [0.2, 0.25) is 0 Å². The van der Waals surface area contributed by atoms with Crippen molar-refractivity contribution in [3.63, 3.8) is 0 Å². The van der Waals surface area contributed by atoms with Gasteiger partial charge in [0, 0.05) is 25.2 Å². The van der Waals surface area contributed by atoms with Gasteiger partial charge >= 0.3 is 0 Å². The third-order valence-corrected chi connectivity index (χ3v) is 4.07. The summed E-state index contributed by atoms with van der Waals surface area (Å²) in [5, 5.41) is 0. The Morgan fingerprint density at radius 3 is 2.62 bits per heavy atom. The number of hydrogen-bond donors (Lipinski definition) is 1. The summed E-state index contributed by atoms with van der Waals surface area (Å²) in [5.41, 5.74) is 7.20. The minimum Gasteiger partial charge on any atom is -0.493 e. The molecule has 3 atom stereocenters. The van der Waals surface area contributed by atoms with Gasteiger partial charge in [-0.3, -0.25) is 4.90 Å². The van der Waals surface area contributed by atoms with Crippen LogP contribution in [0.4, 0.5) is 0 Å². The standard InChI is InChI=1S/C16H26N2O3/c1-11-10-21-12(2)9-18(11)14(8-17)13-5-6-15(19-3)16(7-13)20-4/h5-7,11-12,14H,8-10,17H2,1-4H3. The quantitative estimate of drug-likeness (QED) is 0.897. The minimum absolute atomic E-state index is 0.158. The molecule has 21 heavy (non-hydrogen) atoms. The van der Waals surface area contributed by atoms with Crippen molar-refractivity contribution < 1.29 is 14.2 Å². The second-order valence-corrected chi connectivity index (χ2v) is 5.56. The van der Waals surface area contributed by atoms with E-state index in [9.17, 15) is 0 Å². The highest BCUT2D eigenvalue weighted by molar-refractivity contribution is 5.44. The Hall–Kier alpha value is -1.30. The highest BCUT2D eigenvalue weighted by Crippen LogP contribution is 2.33. The molecule has 0 bridgehead atoms. The lowest BCUT2D eigenvalue weighted by molar-refractivity contribution is -0.0654. The Bertz CT molecular complexity index is 467. The van der Waals surface area contributed by atoms with E-state index in [0.717, 1.165) is 30.2 Å². The average molecular weight is 294 g/mol. The summed E-state index contributed by atoms with van der Waals surface area (Å²) in [5.74, 6) is 1.47. The van der Waals surface area contributed by atoms with E-state index in [2.05, 4.69) is 24.8 Å². The van der Waals surface area contributed by atoms with Crippen LogP contribution >= 0.6 is 0 Å². The van der Waals surface area contributed by atoms with Gasteiger partial charge in [-0.1, -0.05) is 6.07 Å². The Balaban J connectivity index is 2.28. The fourth-order valence-corrected chi connectivity index (χ4v) is 2.89. The molecule has 3 unspecified atom stereocenters. The SMILES string of the molecule is COc1ccc(C(CN)N2CC(C)OCC2C)cc1OC. The molecular formula is C16H26N2O3. The molecule has 5 nitrogen and oxygen atoms in total. The predicted molar refractivity (Wildman–Crippen MR) is 82.9 cm³/mol. The molecule has 0 saturated carbocycles. The third kappa shape index (κ3) is 3.48. The third-order valence-electron chi connectivity index (χ3n) is 4.07. The van der Waals surface area contributed by atoms with Gasteiger partial charge in [-0.25, -0.2) is 0 Å². The highest BCUT2D eigenvalue weighted by Gasteiger charge is 2.30. The predicted octanol–water partition coefficient (Wildman–Crippen LogP) is 1.81. The maximum atomic E-state index is 6.05. The molecule has 5 heteroatoms. The lowest BCUT2D eigenvalue weighted by Crippen LogP contribution is -2.50. The van der Waals surface area contributed by atoms with Gasteiger partial charge in [0.25, 0.3) is 0 Å². The highest BCUT2D eigenvalue weighted by atomic mass is 16.5. The molecule has 1 aromatic rings. The molecule has 0 amide bonds. The molecule has 1 saturated heterocycles. The van der Waals surface area contributed by atoms with Crippen molar-refractivity contribution in [2.75, 3.05) is 33.9 Å². The first kappa shape index (κ1) is 16.1. The molecule has 118 valence electrons. The number of benzene rings is 1. The van der Waals surface area contributed by atoms with Crippen molar-refractivity contribution in [1.82, 2.24) is 4.90 Å². The summed E-state index contributed by atoms with van der Waals surface area (Å²) >= 11 is 0. The van der Waals surface area contributed by atoms with Gasteiger partial charge in [-0.15, -0.1) is 0 Å². The van der Waals surface area contributed by atoms with Crippen LogP contribution in [0.25, 0.3) is 0 Å². The van der Waals surface area contributed by atoms with Crippen molar-refractivity contribution in [1.29, 1.82) is 0 Å². The molecule has 1 heterocycles. The number of ether oxygens (including phenoxy) is 3. The Morgan fingerprint density at radius 2 is 2.00 bits per heavy atom. The molecule has 2 N–H and O–H groups in total. The number of methoxy groups -OCH3 is 2. The molecule has 0 spiro atoms. The van der Waals surface area contributed by atoms with Crippen LogP contribution in [0, 0.1) is 0 Å². The van der Waals surface area contributed by atoms with Gasteiger partial charge in [0.1, 0.15) is 0 Å². The molecule has 1 fully saturated rings. The number of morpholine rings is 1. The van der Waals surface area contributed by atoms with Crippen LogP contribution in [0.15, 0.2) is 18.2 Å². The van der Waals surface area contributed by atoms with Gasteiger partial charge in [0.2, 0.25) is 0 Å². The molecule has 1 aromatic carbocycles. The van der Waals surface area contributed by atoms with Crippen molar-refractivity contribution in [2.45, 2.75) is 32.0 Å². The van der Waals surface area contributed by atoms with Gasteiger partial charge in [0.05, 0.1) is 26.9 Å². The average Bonchev–Trinajstić information content (AvgIpc) is 2.51. The van der Waals surface area contributed by atoms with E-state index in [0.29, 0.717) is 12.6 Å². The molecule has 2 rings (SSSR count). The Morgan fingerprint density at radius 1 is 1.29 bits per heavy atom. The summed E-state index contributed by atoms with van der Waals surface area (Å²) in [4.78, 5) is 2.41. The van der Waals surface area contributed by atoms with E-state index >= 15 is 0 Å². The van der Waals surface area contributed by atoms with E-state index in [1.807, 2.05) is 12.1 Å². The minimum atomic E-state index is 0.158. The lowest BCUT2D eigenvalue weighted by atomic mass is 10.0. The molecular weight excluding hydrogens is 268 g/mol. The molecule has 0 radical (unpaired) electrons. The summed E-state index contributed by atoms with van der Waals surface area (Å²) in [7, 11) is 3.29. The summed E-state index contributed by atoms with van der Waals surface area (Å²) < 4.78 is 16.4. The summed E-state index contributed by atoms with van der Waals surface area (Å²) in [6.45, 7) is 6.46. The van der Waals surface area contributed by atoms with E-state index < -0.39 is 0 Å². The first-order valence-corrected chi connectivity index (χ1v) is 7.40. The first-order valence-electron chi connectivity index (χ1n) is 7.40. The fraction of sp³-hybridized carbons (Fsp3) is 0.625. The Kier molecular flexibility index (Phi) is 5.45. The van der Waals surface area contributed by atoms with Crippen molar-refractivity contribution in [3.8, 4) is 11.5 Å². The van der Waals surface area contributed by atoms with Crippen LogP contribution in [0.3, 0.4) is 0 Å². The van der Waals surface area contributed by atoms with E-state index in [-0.39, 0.29) is 12.1 Å². The van der Waals surface area contributed by atoms with Gasteiger partial charge in [0.15, 0.2) is 11.5 Å². The molecule has 1 aliphatic heterocycles. The number of hydrogen-bond acceptors (Lipinski definition) is 5. The molecule has 1 aliphatic rings. The van der Waals surface area contributed by atoms with Crippen molar-refractivity contribution in [3.05, 3.63) is 23.8 Å². The maximum absolute atomic E-state index is 6.05. The fourth-order valence-electron chi connectivity index (χ4n) is 2.89. The lowest BCUT2D eigenvalue weighted by Gasteiger charge is -2.41. The van der Waals surface area contributed by atoms with Crippen LogP contribution in [0.1, 0.15) is 25.5 Å². The number of nitrogens with zero attached hydrogens (tertiary/aromatic N) is 1. The number of nitrogens with two attached hydrogens (primary N) is 1. The van der Waals surface area contributed by atoms with Crippen LogP contribution in [-0.2, 0) is 4.74 Å². The second kappa shape index (κ2) is 7.11. The van der Waals surface area contributed by atoms with Crippen LogP contribution < -0.4 is 15.2 Å². The first-order chi connectivity index (χ1) is 10.1. The van der Waals surface area contributed by atoms with Crippen LogP contribution in [0.5, 0.6) is 11.5 Å². The topological polar surface area (TPSA) is 57.0 Å². The zero-order valence-corrected chi connectivity index (χ0v) is 13.3. The molecule has 0 aromatic heterocycles. The van der Waals surface area contributed by atoms with Crippen LogP contribution in [-0.4, -0.2) is 51.0 Å². The summed E-state index contributed by atoms with van der Waals surface area (Å²) in [6, 6.07) is 6.52. The van der Waals surface area contributed by atoms with E-state index in [4.69, 9.17) is 19.9 Å². The zero-order valence-electron chi connectivity index (χ0n) is 13.3. The maximum Gasteiger partial charge on any atom is 0.161 e. The zero-order chi connectivity index (χ0) is 15.4. The normalized spacial score (nSPS) is 24.6. The van der Waals surface area contributed by atoms with Gasteiger partial charge < -0.3 is 19.9 Å². The summed E-state index contributed by atoms with van der Waals surface area (Å²) in [6.07, 6.45) is 0.232. The van der Waals surface area contributed by atoms with Gasteiger partial charge in [-0.2, -0.15) is 0 Å². The monoisotopic (exact) mass is 294 g/mol. The van der Waals surface area contributed by atoms with E-state index in [1.165, 1.54) is 0 Å². The van der Waals surface area contributed by atoms with Gasteiger partial charge in [-0.05, 0) is 31.5 Å². The Labute approximate surface area is 127 Å². The van der Waals surface area contributed by atoms with E-state index in [1.54, 1.807) is 14.2 Å². The van der Waals surface area contributed by atoms with Crippen molar-refractivity contribution in [2.24, 2.45) is 5.73 Å². The smallest absolute Gasteiger partial charge is 0.161 e. The molecule has 0 aliphatic carbocycles. The largest absolute Gasteiger partial charge is 0.493 e. The van der Waals surface area contributed by atoms with Crippen molar-refractivity contribution >= 4 is 0 Å². The second-order valence-electron chi connectivity index (χ2n) is 5.56. The number of rotatable bonds is 5.